The molecule has 1 N–H and O–H groups in total. The fraction of sp³-hybridized carbons (Fsp3) is 0.486. The summed E-state index contributed by atoms with van der Waals surface area (Å²) in [4.78, 5) is 0. The Morgan fingerprint density at radius 1 is 0.683 bits per heavy atom. The summed E-state index contributed by atoms with van der Waals surface area (Å²) in [7, 11) is -4.67. The van der Waals surface area contributed by atoms with E-state index in [1.165, 1.54) is 99.3 Å². The molecule has 1 aliphatic rings. The average Bonchev–Trinajstić information content (AvgIpc) is 3.21. The molecule has 0 atom stereocenters. The number of benzene rings is 3. The van der Waals surface area contributed by atoms with Crippen LogP contribution in [0.2, 0.25) is 0 Å². The number of halogens is 1. The molecule has 0 unspecified atom stereocenters. The number of rotatable bonds is 17. The molecule has 0 fully saturated rings. The Labute approximate surface area is 256 Å². The fourth-order valence-corrected chi connectivity index (χ4v) is 7.32. The molecule has 0 spiro atoms. The van der Waals surface area contributed by atoms with Crippen molar-refractivity contribution in [2.24, 2.45) is 0 Å². The van der Waals surface area contributed by atoms with Crippen molar-refractivity contribution in [2.45, 2.75) is 109 Å². The summed E-state index contributed by atoms with van der Waals surface area (Å²) in [6.45, 7) is 4.52. The molecule has 4 rings (SSSR count). The lowest BCUT2D eigenvalue weighted by molar-refractivity contribution is 0.387. The van der Waals surface area contributed by atoms with E-state index < -0.39 is 10.4 Å². The van der Waals surface area contributed by atoms with Gasteiger partial charge in [-0.15, -0.1) is 0 Å². The molecule has 0 bridgehead atoms. The smallest absolute Gasteiger partial charge is 0.361 e. The lowest BCUT2D eigenvalue weighted by atomic mass is 9.70. The molecule has 222 valence electrons. The van der Waals surface area contributed by atoms with Gasteiger partial charge >= 0.3 is 10.4 Å². The first kappa shape index (κ1) is 31.8. The topological polar surface area (TPSA) is 63.6 Å². The Balaban J connectivity index is 1.74. The van der Waals surface area contributed by atoms with Crippen molar-refractivity contribution in [3.8, 4) is 28.0 Å². The van der Waals surface area contributed by atoms with Crippen LogP contribution in [0.25, 0.3) is 22.3 Å². The van der Waals surface area contributed by atoms with E-state index in [2.05, 4.69) is 66.2 Å². The molecule has 0 heterocycles. The molecule has 0 aliphatic heterocycles. The first-order valence-electron chi connectivity index (χ1n) is 15.5. The third kappa shape index (κ3) is 8.03. The summed E-state index contributed by atoms with van der Waals surface area (Å²) in [5.41, 5.74) is 6.80. The van der Waals surface area contributed by atoms with Gasteiger partial charge in [-0.3, -0.25) is 4.55 Å². The Morgan fingerprint density at radius 2 is 1.24 bits per heavy atom. The predicted octanol–water partition coefficient (Wildman–Crippen LogP) is 11.1. The van der Waals surface area contributed by atoms with E-state index in [1.54, 1.807) is 6.07 Å². The van der Waals surface area contributed by atoms with E-state index in [0.717, 1.165) is 18.4 Å². The van der Waals surface area contributed by atoms with Crippen molar-refractivity contribution in [1.82, 2.24) is 0 Å². The zero-order valence-corrected chi connectivity index (χ0v) is 27.0. The molecule has 41 heavy (non-hydrogen) atoms. The molecule has 3 aromatic carbocycles. The Morgan fingerprint density at radius 3 is 1.88 bits per heavy atom. The highest BCUT2D eigenvalue weighted by Crippen LogP contribution is 2.55. The second kappa shape index (κ2) is 14.8. The Bertz CT molecular complexity index is 1380. The minimum atomic E-state index is -4.67. The summed E-state index contributed by atoms with van der Waals surface area (Å²) in [6.07, 6.45) is 17.4. The third-order valence-corrected chi connectivity index (χ3v) is 9.52. The second-order valence-corrected chi connectivity index (χ2v) is 13.5. The van der Waals surface area contributed by atoms with Crippen LogP contribution in [0, 0.1) is 0 Å². The van der Waals surface area contributed by atoms with Crippen molar-refractivity contribution in [3.05, 3.63) is 76.3 Å². The van der Waals surface area contributed by atoms with Gasteiger partial charge in [0, 0.05) is 15.5 Å². The van der Waals surface area contributed by atoms with Gasteiger partial charge in [0.25, 0.3) is 0 Å². The van der Waals surface area contributed by atoms with Crippen LogP contribution in [0.3, 0.4) is 0 Å². The Hall–Kier alpha value is -2.15. The minimum Gasteiger partial charge on any atom is -0.361 e. The van der Waals surface area contributed by atoms with Crippen molar-refractivity contribution >= 4 is 26.3 Å². The summed E-state index contributed by atoms with van der Waals surface area (Å²) in [5, 5.41) is 0. The lowest BCUT2D eigenvalue weighted by Crippen LogP contribution is -2.25. The molecular formula is C35H45BrO4S. The van der Waals surface area contributed by atoms with Crippen molar-refractivity contribution in [2.75, 3.05) is 0 Å². The molecular weight excluding hydrogens is 596 g/mol. The SMILES string of the molecule is CCCCCCCCC1(CCCCCCCC)c2ccccc2-c2ccc(-c3ccc(Br)cc3OS(=O)(=O)O)cc21. The van der Waals surface area contributed by atoms with Gasteiger partial charge in [0.1, 0.15) is 0 Å². The highest BCUT2D eigenvalue weighted by atomic mass is 79.9. The van der Waals surface area contributed by atoms with Crippen LogP contribution in [0.5, 0.6) is 5.75 Å². The summed E-state index contributed by atoms with van der Waals surface area (Å²) in [6, 6.07) is 20.7. The molecule has 1 aliphatic carbocycles. The van der Waals surface area contributed by atoms with E-state index in [0.29, 0.717) is 10.0 Å². The van der Waals surface area contributed by atoms with Crippen LogP contribution in [0.15, 0.2) is 65.1 Å². The monoisotopic (exact) mass is 640 g/mol. The van der Waals surface area contributed by atoms with Gasteiger partial charge in [0.15, 0.2) is 5.75 Å². The molecule has 0 saturated heterocycles. The van der Waals surface area contributed by atoms with Gasteiger partial charge in [0.05, 0.1) is 0 Å². The molecule has 0 aromatic heterocycles. The molecule has 3 aromatic rings. The molecule has 0 radical (unpaired) electrons. The lowest BCUT2D eigenvalue weighted by Gasteiger charge is -2.33. The minimum absolute atomic E-state index is 0.0725. The number of unbranched alkanes of at least 4 members (excludes halogenated alkanes) is 10. The maximum Gasteiger partial charge on any atom is 0.446 e. The number of hydrogen-bond donors (Lipinski definition) is 1. The quantitative estimate of drug-likeness (QED) is 0.118. The first-order valence-corrected chi connectivity index (χ1v) is 17.7. The van der Waals surface area contributed by atoms with Crippen LogP contribution in [0.4, 0.5) is 0 Å². The number of fused-ring (bicyclic) bond motifs is 3. The zero-order valence-electron chi connectivity index (χ0n) is 24.6. The largest absolute Gasteiger partial charge is 0.446 e. The number of hydrogen-bond acceptors (Lipinski definition) is 3. The predicted molar refractivity (Wildman–Crippen MR) is 174 cm³/mol. The van der Waals surface area contributed by atoms with E-state index in [4.69, 9.17) is 4.18 Å². The van der Waals surface area contributed by atoms with Crippen molar-refractivity contribution in [3.63, 3.8) is 0 Å². The van der Waals surface area contributed by atoms with Crippen molar-refractivity contribution < 1.29 is 17.2 Å². The normalized spacial score (nSPS) is 13.7. The molecule has 4 nitrogen and oxygen atoms in total. The highest BCUT2D eigenvalue weighted by Gasteiger charge is 2.42. The fourth-order valence-electron chi connectivity index (χ4n) is 6.62. The summed E-state index contributed by atoms with van der Waals surface area (Å²) >= 11 is 3.41. The van der Waals surface area contributed by atoms with Gasteiger partial charge < -0.3 is 4.18 Å². The zero-order chi connectivity index (χ0) is 29.3. The molecule has 0 saturated carbocycles. The molecule has 0 amide bonds. The summed E-state index contributed by atoms with van der Waals surface area (Å²) < 4.78 is 38.5. The van der Waals surface area contributed by atoms with Gasteiger partial charge in [-0.25, -0.2) is 0 Å². The van der Waals surface area contributed by atoms with Crippen LogP contribution in [0.1, 0.15) is 115 Å². The van der Waals surface area contributed by atoms with Crippen LogP contribution >= 0.6 is 15.9 Å². The van der Waals surface area contributed by atoms with E-state index >= 15 is 0 Å². The highest BCUT2D eigenvalue weighted by molar-refractivity contribution is 9.10. The van der Waals surface area contributed by atoms with E-state index in [-0.39, 0.29) is 11.2 Å². The van der Waals surface area contributed by atoms with Crippen LogP contribution in [-0.4, -0.2) is 13.0 Å². The van der Waals surface area contributed by atoms with Gasteiger partial charge in [-0.2, -0.15) is 8.42 Å². The average molecular weight is 642 g/mol. The van der Waals surface area contributed by atoms with Crippen LogP contribution < -0.4 is 4.18 Å². The third-order valence-electron chi connectivity index (χ3n) is 8.63. The van der Waals surface area contributed by atoms with Crippen molar-refractivity contribution in [1.29, 1.82) is 0 Å². The standard InChI is InChI=1S/C35H45BrO4S/c1-3-5-7-9-11-15-23-35(24-16-12-10-8-6-4-2)32-18-14-13-17-30(32)31-21-19-27(25-33(31)35)29-22-20-28(36)26-34(29)40-41(37,38)39/h13-14,17-22,25-26H,3-12,15-16,23-24H2,1-2H3,(H,37,38,39). The molecule has 6 heteroatoms. The van der Waals surface area contributed by atoms with E-state index in [9.17, 15) is 13.0 Å². The van der Waals surface area contributed by atoms with Crippen LogP contribution in [-0.2, 0) is 15.8 Å². The Kier molecular flexibility index (Phi) is 11.5. The van der Waals surface area contributed by atoms with Gasteiger partial charge in [-0.1, -0.05) is 143 Å². The van der Waals surface area contributed by atoms with Gasteiger partial charge in [-0.05, 0) is 64.9 Å². The first-order chi connectivity index (χ1) is 19.8. The van der Waals surface area contributed by atoms with Gasteiger partial charge in [0.2, 0.25) is 0 Å². The van der Waals surface area contributed by atoms with E-state index in [1.807, 2.05) is 18.2 Å². The maximum atomic E-state index is 11.7. The summed E-state index contributed by atoms with van der Waals surface area (Å²) in [5.74, 6) is 0.106. The second-order valence-electron chi connectivity index (χ2n) is 11.6. The maximum absolute atomic E-state index is 11.7.